The monoisotopic (exact) mass is 265 g/mol. The predicted molar refractivity (Wildman–Crippen MR) is 71.4 cm³/mol. The zero-order valence-corrected chi connectivity index (χ0v) is 11.1. The highest BCUT2D eigenvalue weighted by atomic mass is 16.4. The van der Waals surface area contributed by atoms with Gasteiger partial charge in [0.05, 0.1) is 5.69 Å². The summed E-state index contributed by atoms with van der Waals surface area (Å²) < 4.78 is 0. The second-order valence-electron chi connectivity index (χ2n) is 5.16. The first-order valence-corrected chi connectivity index (χ1v) is 6.48. The van der Waals surface area contributed by atoms with Gasteiger partial charge in [-0.15, -0.1) is 0 Å². The van der Waals surface area contributed by atoms with E-state index in [9.17, 15) is 9.59 Å². The van der Waals surface area contributed by atoms with E-state index in [-0.39, 0.29) is 17.8 Å². The maximum Gasteiger partial charge on any atom is 0.354 e. The Labute approximate surface area is 111 Å². The molecule has 104 valence electrons. The fourth-order valence-electron chi connectivity index (χ4n) is 2.54. The molecule has 0 radical (unpaired) electrons. The number of carboxylic acids is 1. The lowest BCUT2D eigenvalue weighted by Crippen LogP contribution is -2.39. The Balaban J connectivity index is 2.00. The van der Waals surface area contributed by atoms with Gasteiger partial charge in [-0.1, -0.05) is 13.3 Å². The number of carbonyl (C=O) groups excluding carboxylic acids is 1. The van der Waals surface area contributed by atoms with Crippen molar-refractivity contribution in [2.24, 2.45) is 5.92 Å². The summed E-state index contributed by atoms with van der Waals surface area (Å²) in [4.78, 5) is 25.6. The predicted octanol–water partition coefficient (Wildman–Crippen LogP) is 2.33. The summed E-state index contributed by atoms with van der Waals surface area (Å²) in [6, 6.07) is 1.44. The maximum atomic E-state index is 11.9. The molecule has 1 fully saturated rings. The number of urea groups is 1. The second-order valence-corrected chi connectivity index (χ2v) is 5.16. The van der Waals surface area contributed by atoms with Crippen molar-refractivity contribution in [1.82, 2.24) is 10.3 Å². The molecule has 1 aliphatic carbocycles. The molecule has 2 rings (SSSR count). The quantitative estimate of drug-likeness (QED) is 0.675. The number of aromatic amines is 1. The van der Waals surface area contributed by atoms with Gasteiger partial charge in [-0.3, -0.25) is 0 Å². The highest BCUT2D eigenvalue weighted by molar-refractivity contribution is 5.99. The lowest BCUT2D eigenvalue weighted by Gasteiger charge is -2.17. The van der Waals surface area contributed by atoms with Crippen LogP contribution < -0.4 is 10.6 Å². The van der Waals surface area contributed by atoms with Crippen molar-refractivity contribution in [2.45, 2.75) is 39.2 Å². The lowest BCUT2D eigenvalue weighted by molar-refractivity contribution is 0.0692. The highest BCUT2D eigenvalue weighted by Gasteiger charge is 2.25. The second kappa shape index (κ2) is 5.34. The van der Waals surface area contributed by atoms with Crippen LogP contribution in [0, 0.1) is 12.8 Å². The molecule has 2 atom stereocenters. The molecule has 2 unspecified atom stereocenters. The molecule has 0 aromatic carbocycles. The maximum absolute atomic E-state index is 11.9. The van der Waals surface area contributed by atoms with Crippen molar-refractivity contribution in [3.63, 3.8) is 0 Å². The Morgan fingerprint density at radius 3 is 2.74 bits per heavy atom. The lowest BCUT2D eigenvalue weighted by atomic mass is 10.1. The van der Waals surface area contributed by atoms with Crippen molar-refractivity contribution >= 4 is 17.7 Å². The summed E-state index contributed by atoms with van der Waals surface area (Å²) in [5.74, 6) is -0.615. The summed E-state index contributed by atoms with van der Waals surface area (Å²) in [7, 11) is 0. The molecule has 1 heterocycles. The highest BCUT2D eigenvalue weighted by Crippen LogP contribution is 2.25. The average Bonchev–Trinajstić information content (AvgIpc) is 2.86. The van der Waals surface area contributed by atoms with Crippen LogP contribution in [0.4, 0.5) is 10.5 Å². The van der Waals surface area contributed by atoms with Crippen LogP contribution >= 0.6 is 0 Å². The number of nitrogens with one attached hydrogen (secondary N) is 3. The van der Waals surface area contributed by atoms with E-state index in [0.717, 1.165) is 19.3 Å². The van der Waals surface area contributed by atoms with Crippen molar-refractivity contribution in [3.8, 4) is 0 Å². The van der Waals surface area contributed by atoms with Gasteiger partial charge in [0, 0.05) is 11.7 Å². The minimum absolute atomic E-state index is 0.00659. The fraction of sp³-hybridized carbons (Fsp3) is 0.538. The molecular weight excluding hydrogens is 246 g/mol. The molecule has 0 bridgehead atoms. The molecule has 1 saturated carbocycles. The van der Waals surface area contributed by atoms with Crippen molar-refractivity contribution in [3.05, 3.63) is 17.5 Å². The first-order chi connectivity index (χ1) is 8.97. The molecule has 1 aromatic heterocycles. The van der Waals surface area contributed by atoms with Gasteiger partial charge in [-0.25, -0.2) is 9.59 Å². The zero-order valence-electron chi connectivity index (χ0n) is 11.1. The number of carboxylic acid groups (broad SMARTS) is 1. The van der Waals surface area contributed by atoms with Crippen molar-refractivity contribution < 1.29 is 14.7 Å². The summed E-state index contributed by atoms with van der Waals surface area (Å²) >= 11 is 0. The van der Waals surface area contributed by atoms with E-state index in [1.165, 1.54) is 0 Å². The minimum Gasteiger partial charge on any atom is -0.477 e. The third kappa shape index (κ3) is 3.07. The summed E-state index contributed by atoms with van der Waals surface area (Å²) in [6.45, 7) is 3.86. The van der Waals surface area contributed by atoms with Gasteiger partial charge in [0.15, 0.2) is 0 Å². The van der Waals surface area contributed by atoms with Crippen LogP contribution in [-0.2, 0) is 0 Å². The summed E-state index contributed by atoms with van der Waals surface area (Å²) in [5, 5.41) is 14.5. The number of amides is 2. The molecule has 0 aliphatic heterocycles. The molecular formula is C13H19N3O3. The summed E-state index contributed by atoms with van der Waals surface area (Å²) in [5.41, 5.74) is 1.00. The van der Waals surface area contributed by atoms with Crippen LogP contribution in [0.1, 0.15) is 42.4 Å². The number of carbonyl (C=O) groups is 2. The van der Waals surface area contributed by atoms with E-state index in [4.69, 9.17) is 5.11 Å². The molecule has 1 aliphatic rings. The number of aryl methyl sites for hydroxylation is 1. The van der Waals surface area contributed by atoms with E-state index >= 15 is 0 Å². The number of hydrogen-bond donors (Lipinski definition) is 4. The van der Waals surface area contributed by atoms with Gasteiger partial charge in [-0.2, -0.15) is 0 Å². The molecule has 6 heteroatoms. The van der Waals surface area contributed by atoms with Crippen LogP contribution in [0.3, 0.4) is 0 Å². The normalized spacial score (nSPS) is 22.2. The van der Waals surface area contributed by atoms with Crippen LogP contribution in [0.5, 0.6) is 0 Å². The standard InChI is InChI=1S/C13H19N3O3/c1-7-4-3-5-9(7)15-13(19)16-10-6-8(2)14-11(10)12(17)18/h6-7,9,14H,3-5H2,1-2H3,(H,17,18)(H2,15,16,19). The first-order valence-electron chi connectivity index (χ1n) is 6.48. The zero-order chi connectivity index (χ0) is 14.0. The number of H-pyrrole nitrogens is 1. The molecule has 0 spiro atoms. The molecule has 1 aromatic rings. The van der Waals surface area contributed by atoms with Crippen LogP contribution in [0.25, 0.3) is 0 Å². The number of aromatic nitrogens is 1. The molecule has 6 nitrogen and oxygen atoms in total. The van der Waals surface area contributed by atoms with Crippen molar-refractivity contribution in [2.75, 3.05) is 5.32 Å². The Morgan fingerprint density at radius 1 is 1.42 bits per heavy atom. The molecule has 2 amide bonds. The average molecular weight is 265 g/mol. The van der Waals surface area contributed by atoms with E-state index in [1.54, 1.807) is 13.0 Å². The summed E-state index contributed by atoms with van der Waals surface area (Å²) in [6.07, 6.45) is 3.22. The molecule has 19 heavy (non-hydrogen) atoms. The number of aromatic carboxylic acids is 1. The largest absolute Gasteiger partial charge is 0.477 e. The van der Waals surface area contributed by atoms with Gasteiger partial charge in [-0.05, 0) is 31.7 Å². The Bertz CT molecular complexity index is 495. The van der Waals surface area contributed by atoms with E-state index in [1.807, 2.05) is 0 Å². The topological polar surface area (TPSA) is 94.2 Å². The van der Waals surface area contributed by atoms with Crippen LogP contribution in [0.15, 0.2) is 6.07 Å². The first kappa shape index (κ1) is 13.5. The third-order valence-electron chi connectivity index (χ3n) is 3.59. The number of anilines is 1. The van der Waals surface area contributed by atoms with Crippen LogP contribution in [-0.4, -0.2) is 28.1 Å². The van der Waals surface area contributed by atoms with Gasteiger partial charge < -0.3 is 20.7 Å². The van der Waals surface area contributed by atoms with Crippen molar-refractivity contribution in [1.29, 1.82) is 0 Å². The van der Waals surface area contributed by atoms with E-state index < -0.39 is 5.97 Å². The Hall–Kier alpha value is -1.98. The number of rotatable bonds is 3. The SMILES string of the molecule is Cc1cc(NC(=O)NC2CCCC2C)c(C(=O)O)[nH]1. The van der Waals surface area contributed by atoms with E-state index in [0.29, 0.717) is 17.3 Å². The third-order valence-corrected chi connectivity index (χ3v) is 3.59. The molecule has 0 saturated heterocycles. The minimum atomic E-state index is -1.09. The molecule has 4 N–H and O–H groups in total. The Kier molecular flexibility index (Phi) is 3.78. The van der Waals surface area contributed by atoms with Gasteiger partial charge in [0.1, 0.15) is 5.69 Å². The van der Waals surface area contributed by atoms with Gasteiger partial charge in [0.25, 0.3) is 0 Å². The smallest absolute Gasteiger partial charge is 0.354 e. The van der Waals surface area contributed by atoms with Gasteiger partial charge >= 0.3 is 12.0 Å². The Morgan fingerprint density at radius 2 is 2.16 bits per heavy atom. The fourth-order valence-corrected chi connectivity index (χ4v) is 2.54. The number of hydrogen-bond acceptors (Lipinski definition) is 2. The van der Waals surface area contributed by atoms with E-state index in [2.05, 4.69) is 22.5 Å². The van der Waals surface area contributed by atoms with Gasteiger partial charge in [0.2, 0.25) is 0 Å². The van der Waals surface area contributed by atoms with Crippen LogP contribution in [0.2, 0.25) is 0 Å².